The third-order valence-electron chi connectivity index (χ3n) is 9.73. The van der Waals surface area contributed by atoms with Crippen molar-refractivity contribution in [3.63, 3.8) is 0 Å². The molecule has 5 aliphatic rings. The molecule has 0 unspecified atom stereocenters. The predicted octanol–water partition coefficient (Wildman–Crippen LogP) is 4.03. The Labute approximate surface area is 157 Å². The first-order chi connectivity index (χ1) is 12.4. The Morgan fingerprint density at radius 3 is 2.38 bits per heavy atom. The maximum Gasteiger partial charge on any atom is 0.174 e. The zero-order valence-electron chi connectivity index (χ0n) is 16.3. The molecular weight excluding hydrogens is 326 g/mol. The number of rotatable bonds is 0. The van der Waals surface area contributed by atoms with Crippen LogP contribution in [0.2, 0.25) is 0 Å². The summed E-state index contributed by atoms with van der Waals surface area (Å²) in [7, 11) is 0. The second kappa shape index (κ2) is 5.46. The second-order valence-corrected chi connectivity index (χ2v) is 10.4. The predicted molar refractivity (Wildman–Crippen MR) is 96.9 cm³/mol. The monoisotopic (exact) mass is 359 g/mol. The largest absolute Gasteiger partial charge is 0.375 e. The molecule has 1 aliphatic heterocycles. The first-order valence-corrected chi connectivity index (χ1v) is 10.8. The molecule has 0 amide bonds. The Bertz CT molecular complexity index is 638. The molecule has 0 bridgehead atoms. The quantitative estimate of drug-likeness (QED) is 0.663. The van der Waals surface area contributed by atoms with Crippen molar-refractivity contribution in [3.8, 4) is 6.07 Å². The zero-order valence-corrected chi connectivity index (χ0v) is 16.3. The minimum absolute atomic E-state index is 0.163. The van der Waals surface area contributed by atoms with Crippen LogP contribution in [0.5, 0.6) is 0 Å². The zero-order chi connectivity index (χ0) is 18.2. The molecule has 144 valence electrons. The van der Waals surface area contributed by atoms with Gasteiger partial charge in [0.25, 0.3) is 0 Å². The molecule has 4 aliphatic carbocycles. The molecule has 1 saturated heterocycles. The summed E-state index contributed by atoms with van der Waals surface area (Å²) in [6.07, 6.45) is 9.51. The summed E-state index contributed by atoms with van der Waals surface area (Å²) < 4.78 is 12.5. The van der Waals surface area contributed by atoms with Crippen molar-refractivity contribution >= 4 is 0 Å². The highest BCUT2D eigenvalue weighted by molar-refractivity contribution is 5.15. The first-order valence-electron chi connectivity index (χ1n) is 10.8. The van der Waals surface area contributed by atoms with E-state index in [1.165, 1.54) is 32.1 Å². The Balaban J connectivity index is 1.43. The molecular formula is C22H33NO3. The van der Waals surface area contributed by atoms with Crippen LogP contribution in [-0.4, -0.2) is 29.7 Å². The molecule has 4 saturated carbocycles. The van der Waals surface area contributed by atoms with E-state index in [1.54, 1.807) is 0 Å². The third kappa shape index (κ3) is 2.06. The molecule has 4 heteroatoms. The topological polar surface area (TPSA) is 62.5 Å². The summed E-state index contributed by atoms with van der Waals surface area (Å²) in [5, 5.41) is 20.0. The van der Waals surface area contributed by atoms with Gasteiger partial charge >= 0.3 is 0 Å². The smallest absolute Gasteiger partial charge is 0.174 e. The summed E-state index contributed by atoms with van der Waals surface area (Å²) in [4.78, 5) is 0. The van der Waals surface area contributed by atoms with Crippen molar-refractivity contribution in [1.29, 1.82) is 5.26 Å². The van der Waals surface area contributed by atoms with E-state index in [1.807, 2.05) is 0 Å². The van der Waals surface area contributed by atoms with Crippen molar-refractivity contribution in [3.05, 3.63) is 0 Å². The van der Waals surface area contributed by atoms with Gasteiger partial charge in [0, 0.05) is 11.8 Å². The van der Waals surface area contributed by atoms with Crippen molar-refractivity contribution in [2.45, 2.75) is 83.0 Å². The number of nitrogens with zero attached hydrogens (tertiary/aromatic N) is 1. The van der Waals surface area contributed by atoms with Crippen LogP contribution in [0.1, 0.15) is 71.6 Å². The van der Waals surface area contributed by atoms with Crippen LogP contribution in [0.4, 0.5) is 0 Å². The Hall–Kier alpha value is -0.630. The van der Waals surface area contributed by atoms with Gasteiger partial charge in [0.2, 0.25) is 0 Å². The third-order valence-corrected chi connectivity index (χ3v) is 9.73. The number of nitriles is 1. The summed E-state index contributed by atoms with van der Waals surface area (Å²) in [5.41, 5.74) is -0.625. The van der Waals surface area contributed by atoms with Gasteiger partial charge in [-0.2, -0.15) is 5.26 Å². The van der Waals surface area contributed by atoms with Gasteiger partial charge in [-0.1, -0.05) is 13.8 Å². The molecule has 7 atom stereocenters. The van der Waals surface area contributed by atoms with E-state index in [0.29, 0.717) is 30.1 Å². The number of hydrogen-bond acceptors (Lipinski definition) is 4. The SMILES string of the molecule is C[C@]12CC[C@@](O)(C#N)C[C@@H]1CC[C@@H]1[C@@H]2CC[C@@]2(C)[C@H]1CCC21OCCO1. The van der Waals surface area contributed by atoms with Gasteiger partial charge in [0.05, 0.1) is 19.3 Å². The van der Waals surface area contributed by atoms with Gasteiger partial charge in [-0.25, -0.2) is 0 Å². The molecule has 1 N–H and O–H groups in total. The highest BCUT2D eigenvalue weighted by atomic mass is 16.7. The summed E-state index contributed by atoms with van der Waals surface area (Å²) >= 11 is 0. The van der Waals surface area contributed by atoms with Gasteiger partial charge in [-0.3, -0.25) is 0 Å². The molecule has 1 spiro atoms. The number of fused-ring (bicyclic) bond motifs is 6. The molecule has 0 aromatic carbocycles. The molecule has 0 aromatic rings. The minimum atomic E-state index is -1.08. The molecule has 4 nitrogen and oxygen atoms in total. The normalized spacial score (nSPS) is 55.0. The second-order valence-electron chi connectivity index (χ2n) is 10.4. The average molecular weight is 360 g/mol. The van der Waals surface area contributed by atoms with Gasteiger partial charge in [-0.15, -0.1) is 0 Å². The van der Waals surface area contributed by atoms with E-state index in [4.69, 9.17) is 9.47 Å². The maximum absolute atomic E-state index is 10.6. The fraction of sp³-hybridized carbons (Fsp3) is 0.955. The molecule has 26 heavy (non-hydrogen) atoms. The van der Waals surface area contributed by atoms with Gasteiger partial charge in [0.1, 0.15) is 0 Å². The Kier molecular flexibility index (Phi) is 3.67. The number of aliphatic hydroxyl groups is 1. The fourth-order valence-electron chi connectivity index (χ4n) is 8.23. The van der Waals surface area contributed by atoms with Crippen LogP contribution >= 0.6 is 0 Å². The van der Waals surface area contributed by atoms with Gasteiger partial charge < -0.3 is 14.6 Å². The van der Waals surface area contributed by atoms with Crippen molar-refractivity contribution in [2.24, 2.45) is 34.5 Å². The Morgan fingerprint density at radius 2 is 1.65 bits per heavy atom. The van der Waals surface area contributed by atoms with E-state index in [0.717, 1.165) is 37.9 Å². The lowest BCUT2D eigenvalue weighted by Gasteiger charge is -2.61. The van der Waals surface area contributed by atoms with E-state index >= 15 is 0 Å². The van der Waals surface area contributed by atoms with Crippen LogP contribution in [-0.2, 0) is 9.47 Å². The van der Waals surface area contributed by atoms with Crippen LogP contribution in [0, 0.1) is 45.8 Å². The highest BCUT2D eigenvalue weighted by Crippen LogP contribution is 2.69. The molecule has 0 radical (unpaired) electrons. The van der Waals surface area contributed by atoms with Gasteiger partial charge in [-0.05, 0) is 80.5 Å². The van der Waals surface area contributed by atoms with Crippen LogP contribution in [0.15, 0.2) is 0 Å². The minimum Gasteiger partial charge on any atom is -0.375 e. The lowest BCUT2D eigenvalue weighted by molar-refractivity contribution is -0.248. The molecule has 5 rings (SSSR count). The van der Waals surface area contributed by atoms with Crippen LogP contribution < -0.4 is 0 Å². The summed E-state index contributed by atoms with van der Waals surface area (Å²) in [5.74, 6) is 2.39. The fourth-order valence-corrected chi connectivity index (χ4v) is 8.23. The highest BCUT2D eigenvalue weighted by Gasteiger charge is 2.67. The van der Waals surface area contributed by atoms with E-state index in [9.17, 15) is 10.4 Å². The average Bonchev–Trinajstić information content (AvgIpc) is 3.22. The summed E-state index contributed by atoms with van der Waals surface area (Å²) in [6, 6.07) is 2.20. The van der Waals surface area contributed by atoms with Crippen molar-refractivity contribution < 1.29 is 14.6 Å². The van der Waals surface area contributed by atoms with E-state index in [-0.39, 0.29) is 11.2 Å². The summed E-state index contributed by atoms with van der Waals surface area (Å²) in [6.45, 7) is 6.42. The lowest BCUT2D eigenvalue weighted by Crippen LogP contribution is -2.58. The van der Waals surface area contributed by atoms with E-state index < -0.39 is 5.60 Å². The molecule has 0 aromatic heterocycles. The van der Waals surface area contributed by atoms with Crippen molar-refractivity contribution in [2.75, 3.05) is 13.2 Å². The molecule has 5 fully saturated rings. The standard InChI is InChI=1S/C22H33NO3/c1-19-9-10-21(24,14-23)13-15(19)3-4-16-17(19)5-7-20(2)18(16)6-8-22(20)25-11-12-26-22/h15-18,24H,3-13H2,1-2H3/t15-,16+,17-,18-,19-,20-,21-/m0/s1. The van der Waals surface area contributed by atoms with E-state index in [2.05, 4.69) is 19.9 Å². The molecule has 1 heterocycles. The van der Waals surface area contributed by atoms with Crippen LogP contribution in [0.25, 0.3) is 0 Å². The van der Waals surface area contributed by atoms with Crippen molar-refractivity contribution in [1.82, 2.24) is 0 Å². The van der Waals surface area contributed by atoms with Gasteiger partial charge in [0.15, 0.2) is 11.4 Å². The Morgan fingerprint density at radius 1 is 0.923 bits per heavy atom. The number of ether oxygens (including phenoxy) is 2. The maximum atomic E-state index is 10.6. The number of hydrogen-bond donors (Lipinski definition) is 1. The lowest BCUT2D eigenvalue weighted by atomic mass is 9.44. The first kappa shape index (κ1) is 17.5. The van der Waals surface area contributed by atoms with Crippen LogP contribution in [0.3, 0.4) is 0 Å².